The van der Waals surface area contributed by atoms with E-state index in [1.165, 1.54) is 0 Å². The number of thiophene rings is 1. The van der Waals surface area contributed by atoms with Crippen molar-refractivity contribution < 1.29 is 19.4 Å². The second-order valence-corrected chi connectivity index (χ2v) is 6.41. The third-order valence-electron chi connectivity index (χ3n) is 3.82. The lowest BCUT2D eigenvalue weighted by molar-refractivity contribution is -0.144. The SMILES string of the molecule is CC(NC(=O)COC1CCC(C(=O)O)CC1)c1cccs1. The number of aliphatic carboxylic acids is 1. The van der Waals surface area contributed by atoms with Crippen molar-refractivity contribution in [1.29, 1.82) is 0 Å². The lowest BCUT2D eigenvalue weighted by Crippen LogP contribution is -2.33. The molecule has 1 unspecified atom stereocenters. The molecule has 0 aliphatic heterocycles. The number of carboxylic acid groups (broad SMARTS) is 1. The van der Waals surface area contributed by atoms with Crippen LogP contribution in [-0.4, -0.2) is 29.7 Å². The standard InChI is InChI=1S/C15H21NO4S/c1-10(13-3-2-8-21-13)16-14(17)9-20-12-6-4-11(5-7-12)15(18)19/h2-3,8,10-12H,4-7,9H2,1H3,(H,16,17)(H,18,19). The summed E-state index contributed by atoms with van der Waals surface area (Å²) in [5, 5.41) is 13.8. The fraction of sp³-hybridized carbons (Fsp3) is 0.600. The number of carboxylic acids is 1. The summed E-state index contributed by atoms with van der Waals surface area (Å²) in [5.74, 6) is -1.11. The van der Waals surface area contributed by atoms with Crippen LogP contribution in [0.25, 0.3) is 0 Å². The van der Waals surface area contributed by atoms with Crippen LogP contribution in [-0.2, 0) is 14.3 Å². The molecule has 2 N–H and O–H groups in total. The highest BCUT2D eigenvalue weighted by atomic mass is 32.1. The van der Waals surface area contributed by atoms with Crippen LogP contribution in [0.5, 0.6) is 0 Å². The molecule has 0 saturated heterocycles. The number of ether oxygens (including phenoxy) is 1. The molecule has 116 valence electrons. The van der Waals surface area contributed by atoms with Gasteiger partial charge in [-0.2, -0.15) is 0 Å². The lowest BCUT2D eigenvalue weighted by atomic mass is 9.87. The van der Waals surface area contributed by atoms with Crippen LogP contribution >= 0.6 is 11.3 Å². The van der Waals surface area contributed by atoms with Crippen LogP contribution in [0, 0.1) is 5.92 Å². The number of carbonyl (C=O) groups is 2. The normalized spacial score (nSPS) is 23.5. The summed E-state index contributed by atoms with van der Waals surface area (Å²) in [5.41, 5.74) is 0. The molecule has 5 nitrogen and oxygen atoms in total. The van der Waals surface area contributed by atoms with Crippen LogP contribution in [0.1, 0.15) is 43.5 Å². The average Bonchev–Trinajstić information content (AvgIpc) is 3.00. The number of rotatable bonds is 6. The fourth-order valence-corrected chi connectivity index (χ4v) is 3.30. The van der Waals surface area contributed by atoms with Crippen molar-refractivity contribution in [3.05, 3.63) is 22.4 Å². The molecule has 1 heterocycles. The van der Waals surface area contributed by atoms with Crippen molar-refractivity contribution in [2.45, 2.75) is 44.8 Å². The van der Waals surface area contributed by atoms with E-state index in [2.05, 4.69) is 5.32 Å². The molecule has 0 bridgehead atoms. The molecule has 6 heteroatoms. The summed E-state index contributed by atoms with van der Waals surface area (Å²) in [7, 11) is 0. The molecule has 1 aliphatic rings. The van der Waals surface area contributed by atoms with Crippen molar-refractivity contribution in [1.82, 2.24) is 5.32 Å². The third kappa shape index (κ3) is 4.82. The zero-order valence-corrected chi connectivity index (χ0v) is 12.9. The molecule has 2 rings (SSSR count). The predicted octanol–water partition coefficient (Wildman–Crippen LogP) is 2.59. The van der Waals surface area contributed by atoms with E-state index >= 15 is 0 Å². The van der Waals surface area contributed by atoms with Crippen LogP contribution < -0.4 is 5.32 Å². The second kappa shape index (κ2) is 7.56. The van der Waals surface area contributed by atoms with Gasteiger partial charge in [0.05, 0.1) is 18.1 Å². The van der Waals surface area contributed by atoms with Gasteiger partial charge in [-0.15, -0.1) is 11.3 Å². The minimum atomic E-state index is -0.726. The van der Waals surface area contributed by atoms with E-state index in [-0.39, 0.29) is 30.6 Å². The molecular formula is C15H21NO4S. The van der Waals surface area contributed by atoms with Gasteiger partial charge >= 0.3 is 5.97 Å². The van der Waals surface area contributed by atoms with E-state index < -0.39 is 5.97 Å². The van der Waals surface area contributed by atoms with E-state index in [1.807, 2.05) is 24.4 Å². The third-order valence-corrected chi connectivity index (χ3v) is 4.88. The van der Waals surface area contributed by atoms with Gasteiger partial charge in [0.2, 0.25) is 5.91 Å². The number of hydrogen-bond donors (Lipinski definition) is 2. The molecule has 0 aromatic carbocycles. The molecule has 0 spiro atoms. The Morgan fingerprint density at radius 2 is 2.14 bits per heavy atom. The Balaban J connectivity index is 1.67. The number of hydrogen-bond acceptors (Lipinski definition) is 4. The van der Waals surface area contributed by atoms with Gasteiger partial charge < -0.3 is 15.2 Å². The van der Waals surface area contributed by atoms with Gasteiger partial charge in [0.1, 0.15) is 6.61 Å². The number of amides is 1. The largest absolute Gasteiger partial charge is 0.481 e. The van der Waals surface area contributed by atoms with Crippen LogP contribution in [0.4, 0.5) is 0 Å². The van der Waals surface area contributed by atoms with E-state index in [1.54, 1.807) is 11.3 Å². The molecule has 1 aromatic rings. The minimum Gasteiger partial charge on any atom is -0.481 e. The molecule has 1 amide bonds. The monoisotopic (exact) mass is 311 g/mol. The zero-order chi connectivity index (χ0) is 15.2. The topological polar surface area (TPSA) is 75.6 Å². The highest BCUT2D eigenvalue weighted by Crippen LogP contribution is 2.26. The number of carbonyl (C=O) groups excluding carboxylic acids is 1. The van der Waals surface area contributed by atoms with E-state index in [9.17, 15) is 9.59 Å². The van der Waals surface area contributed by atoms with E-state index in [0.29, 0.717) is 25.7 Å². The molecule has 1 saturated carbocycles. The molecule has 1 aliphatic carbocycles. The summed E-state index contributed by atoms with van der Waals surface area (Å²) in [4.78, 5) is 23.8. The first-order valence-electron chi connectivity index (χ1n) is 7.23. The highest BCUT2D eigenvalue weighted by Gasteiger charge is 2.26. The van der Waals surface area contributed by atoms with Gasteiger partial charge in [-0.3, -0.25) is 9.59 Å². The average molecular weight is 311 g/mol. The minimum absolute atomic E-state index is 0.00314. The van der Waals surface area contributed by atoms with Gasteiger partial charge in [0.15, 0.2) is 0 Å². The van der Waals surface area contributed by atoms with Crippen LogP contribution in [0.2, 0.25) is 0 Å². The molecular weight excluding hydrogens is 290 g/mol. The number of nitrogens with one attached hydrogen (secondary N) is 1. The first-order chi connectivity index (χ1) is 10.1. The van der Waals surface area contributed by atoms with Crippen molar-refractivity contribution >= 4 is 23.2 Å². The van der Waals surface area contributed by atoms with Gasteiger partial charge in [0.25, 0.3) is 0 Å². The van der Waals surface area contributed by atoms with Crippen molar-refractivity contribution in [3.63, 3.8) is 0 Å². The maximum atomic E-state index is 11.8. The van der Waals surface area contributed by atoms with Gasteiger partial charge in [-0.25, -0.2) is 0 Å². The van der Waals surface area contributed by atoms with Crippen molar-refractivity contribution in [3.8, 4) is 0 Å². The lowest BCUT2D eigenvalue weighted by Gasteiger charge is -2.26. The first-order valence-corrected chi connectivity index (χ1v) is 8.11. The first kappa shape index (κ1) is 16.0. The Morgan fingerprint density at radius 1 is 1.43 bits per heavy atom. The Hall–Kier alpha value is -1.40. The van der Waals surface area contributed by atoms with Gasteiger partial charge in [-0.05, 0) is 44.1 Å². The zero-order valence-electron chi connectivity index (χ0n) is 12.1. The Morgan fingerprint density at radius 3 is 2.71 bits per heavy atom. The maximum Gasteiger partial charge on any atom is 0.306 e. The predicted molar refractivity (Wildman–Crippen MR) is 80.2 cm³/mol. The van der Waals surface area contributed by atoms with E-state index in [0.717, 1.165) is 4.88 Å². The van der Waals surface area contributed by atoms with Gasteiger partial charge in [-0.1, -0.05) is 6.07 Å². The summed E-state index contributed by atoms with van der Waals surface area (Å²) in [6.07, 6.45) is 2.69. The molecule has 1 atom stereocenters. The van der Waals surface area contributed by atoms with Crippen molar-refractivity contribution in [2.75, 3.05) is 6.61 Å². The summed E-state index contributed by atoms with van der Waals surface area (Å²) < 4.78 is 5.59. The summed E-state index contributed by atoms with van der Waals surface area (Å²) in [6.45, 7) is 1.99. The molecule has 1 aromatic heterocycles. The molecule has 21 heavy (non-hydrogen) atoms. The Labute approximate surface area is 128 Å². The van der Waals surface area contributed by atoms with Crippen LogP contribution in [0.3, 0.4) is 0 Å². The van der Waals surface area contributed by atoms with E-state index in [4.69, 9.17) is 9.84 Å². The fourth-order valence-electron chi connectivity index (χ4n) is 2.56. The highest BCUT2D eigenvalue weighted by molar-refractivity contribution is 7.10. The summed E-state index contributed by atoms with van der Waals surface area (Å²) >= 11 is 1.61. The molecule has 1 fully saturated rings. The van der Waals surface area contributed by atoms with Gasteiger partial charge in [0, 0.05) is 4.88 Å². The van der Waals surface area contributed by atoms with Crippen molar-refractivity contribution in [2.24, 2.45) is 5.92 Å². The second-order valence-electron chi connectivity index (χ2n) is 5.43. The Bertz CT molecular complexity index is 466. The maximum absolute atomic E-state index is 11.8. The van der Waals surface area contributed by atoms with Crippen LogP contribution in [0.15, 0.2) is 17.5 Å². The summed E-state index contributed by atoms with van der Waals surface area (Å²) in [6, 6.07) is 3.94. The Kier molecular flexibility index (Phi) is 5.76. The molecule has 0 radical (unpaired) electrons. The quantitative estimate of drug-likeness (QED) is 0.846. The smallest absolute Gasteiger partial charge is 0.306 e.